The molecule has 1 aliphatic heterocycles. The maximum Gasteiger partial charge on any atom is 0.238 e. The van der Waals surface area contributed by atoms with Gasteiger partial charge >= 0.3 is 0 Å². The Labute approximate surface area is 186 Å². The Balaban J connectivity index is 1.39. The highest BCUT2D eigenvalue weighted by atomic mass is 32.2. The van der Waals surface area contributed by atoms with E-state index in [4.69, 9.17) is 0 Å². The van der Waals surface area contributed by atoms with Gasteiger partial charge in [-0.25, -0.2) is 0 Å². The summed E-state index contributed by atoms with van der Waals surface area (Å²) in [5.41, 5.74) is 1.65. The van der Waals surface area contributed by atoms with E-state index >= 15 is 0 Å². The van der Waals surface area contributed by atoms with Crippen LogP contribution in [0.15, 0.2) is 58.3 Å². The second-order valence-corrected chi connectivity index (χ2v) is 8.87. The molecule has 2 N–H and O–H groups in total. The number of hydrogen-bond donors (Lipinski definition) is 2. The molecule has 1 aliphatic rings. The van der Waals surface area contributed by atoms with Gasteiger partial charge in [0.2, 0.25) is 11.8 Å². The fraction of sp³-hybridized carbons (Fsp3) is 0.364. The number of piperazine rings is 1. The van der Waals surface area contributed by atoms with Crippen molar-refractivity contribution in [1.82, 2.24) is 9.80 Å². The number of carbonyl (C=O) groups is 2. The summed E-state index contributed by atoms with van der Waals surface area (Å²) in [5, 5.41) is 5.94. The molecule has 3 rings (SSSR count). The number of amides is 2. The van der Waals surface area contributed by atoms with Crippen molar-refractivity contribution in [2.75, 3.05) is 62.4 Å². The molecular formula is C22H28N4O2S2. The monoisotopic (exact) mass is 444 g/mol. The average molecular weight is 445 g/mol. The standard InChI is InChI=1S/C22H28N4O2S2/c1-29-19-7-3-5-17(13-19)23-21(27)15-25-9-11-26(12-10-25)16-22(28)24-18-6-4-8-20(14-18)30-2/h3-8,13-14H,9-12,15-16H2,1-2H3,(H,23,27)(H,24,28). The van der Waals surface area contributed by atoms with Gasteiger partial charge in [-0.3, -0.25) is 19.4 Å². The number of hydrogen-bond acceptors (Lipinski definition) is 6. The fourth-order valence-corrected chi connectivity index (χ4v) is 4.23. The minimum atomic E-state index is -0.00637. The molecule has 30 heavy (non-hydrogen) atoms. The number of nitrogens with one attached hydrogen (secondary N) is 2. The molecule has 0 atom stereocenters. The van der Waals surface area contributed by atoms with Gasteiger partial charge in [0.15, 0.2) is 0 Å². The molecule has 0 spiro atoms. The third-order valence-electron chi connectivity index (χ3n) is 4.91. The number of carbonyl (C=O) groups excluding carboxylic acids is 2. The van der Waals surface area contributed by atoms with Crippen LogP contribution in [-0.4, -0.2) is 73.4 Å². The van der Waals surface area contributed by atoms with Crippen molar-refractivity contribution in [2.24, 2.45) is 0 Å². The average Bonchev–Trinajstić information content (AvgIpc) is 2.75. The summed E-state index contributed by atoms with van der Waals surface area (Å²) in [6.45, 7) is 3.82. The minimum Gasteiger partial charge on any atom is -0.325 e. The number of anilines is 2. The quantitative estimate of drug-likeness (QED) is 0.609. The van der Waals surface area contributed by atoms with Crippen LogP contribution in [0, 0.1) is 0 Å². The lowest BCUT2D eigenvalue weighted by atomic mass is 10.3. The molecule has 1 saturated heterocycles. The first-order valence-corrected chi connectivity index (χ1v) is 12.3. The third-order valence-corrected chi connectivity index (χ3v) is 6.36. The molecule has 160 valence electrons. The molecule has 0 aliphatic carbocycles. The summed E-state index contributed by atoms with van der Waals surface area (Å²) in [6, 6.07) is 15.7. The molecular weight excluding hydrogens is 416 g/mol. The van der Waals surface area contributed by atoms with Gasteiger partial charge in [0, 0.05) is 47.3 Å². The van der Waals surface area contributed by atoms with Crippen LogP contribution in [-0.2, 0) is 9.59 Å². The van der Waals surface area contributed by atoms with E-state index in [1.165, 1.54) is 0 Å². The first-order chi connectivity index (χ1) is 14.6. The van der Waals surface area contributed by atoms with E-state index in [0.29, 0.717) is 13.1 Å². The number of thioether (sulfide) groups is 2. The predicted molar refractivity (Wildman–Crippen MR) is 127 cm³/mol. The van der Waals surface area contributed by atoms with Gasteiger partial charge in [0.1, 0.15) is 0 Å². The maximum atomic E-state index is 12.4. The van der Waals surface area contributed by atoms with Gasteiger partial charge < -0.3 is 10.6 Å². The van der Waals surface area contributed by atoms with Gasteiger partial charge in [-0.15, -0.1) is 23.5 Å². The summed E-state index contributed by atoms with van der Waals surface area (Å²) in [5.74, 6) is -0.0127. The van der Waals surface area contributed by atoms with E-state index < -0.39 is 0 Å². The summed E-state index contributed by atoms with van der Waals surface area (Å²) < 4.78 is 0. The van der Waals surface area contributed by atoms with E-state index in [1.807, 2.05) is 61.0 Å². The van der Waals surface area contributed by atoms with Crippen LogP contribution in [0.1, 0.15) is 0 Å². The molecule has 1 fully saturated rings. The van der Waals surface area contributed by atoms with Gasteiger partial charge in [0.05, 0.1) is 13.1 Å². The molecule has 1 heterocycles. The summed E-state index contributed by atoms with van der Waals surface area (Å²) in [4.78, 5) is 31.2. The van der Waals surface area contributed by atoms with E-state index in [2.05, 4.69) is 20.4 Å². The Morgan fingerprint density at radius 1 is 0.767 bits per heavy atom. The largest absolute Gasteiger partial charge is 0.325 e. The zero-order valence-electron chi connectivity index (χ0n) is 17.4. The number of rotatable bonds is 8. The molecule has 6 nitrogen and oxygen atoms in total. The zero-order valence-corrected chi connectivity index (χ0v) is 19.0. The van der Waals surface area contributed by atoms with Crippen molar-refractivity contribution in [3.05, 3.63) is 48.5 Å². The molecule has 0 radical (unpaired) electrons. The molecule has 2 aromatic rings. The van der Waals surface area contributed by atoms with Gasteiger partial charge in [-0.2, -0.15) is 0 Å². The number of benzene rings is 2. The second-order valence-electron chi connectivity index (χ2n) is 7.11. The van der Waals surface area contributed by atoms with E-state index in [-0.39, 0.29) is 11.8 Å². The smallest absolute Gasteiger partial charge is 0.238 e. The van der Waals surface area contributed by atoms with Crippen LogP contribution in [0.3, 0.4) is 0 Å². The summed E-state index contributed by atoms with van der Waals surface area (Å²) in [7, 11) is 0. The first kappa shape index (κ1) is 22.7. The maximum absolute atomic E-state index is 12.4. The molecule has 0 unspecified atom stereocenters. The minimum absolute atomic E-state index is 0.00637. The van der Waals surface area contributed by atoms with E-state index in [1.54, 1.807) is 23.5 Å². The van der Waals surface area contributed by atoms with Crippen molar-refractivity contribution < 1.29 is 9.59 Å². The van der Waals surface area contributed by atoms with Crippen molar-refractivity contribution in [2.45, 2.75) is 9.79 Å². The topological polar surface area (TPSA) is 64.7 Å². The summed E-state index contributed by atoms with van der Waals surface area (Å²) >= 11 is 3.30. The fourth-order valence-electron chi connectivity index (χ4n) is 3.31. The zero-order chi connectivity index (χ0) is 21.3. The van der Waals surface area contributed by atoms with Crippen molar-refractivity contribution in [1.29, 1.82) is 0 Å². The Morgan fingerprint density at radius 2 is 1.17 bits per heavy atom. The SMILES string of the molecule is CSc1cccc(NC(=O)CN2CCN(CC(=O)Nc3cccc(SC)c3)CC2)c1. The Hall–Kier alpha value is -2.00. The molecule has 2 amide bonds. The van der Waals surface area contributed by atoms with E-state index in [0.717, 1.165) is 47.3 Å². The van der Waals surface area contributed by atoms with Crippen molar-refractivity contribution in [3.8, 4) is 0 Å². The predicted octanol–water partition coefficient (Wildman–Crippen LogP) is 3.33. The van der Waals surface area contributed by atoms with E-state index in [9.17, 15) is 9.59 Å². The lowest BCUT2D eigenvalue weighted by molar-refractivity contribution is -0.120. The van der Waals surface area contributed by atoms with Crippen LogP contribution in [0.4, 0.5) is 11.4 Å². The third kappa shape index (κ3) is 7.05. The molecule has 8 heteroatoms. The van der Waals surface area contributed by atoms with Crippen LogP contribution in [0.5, 0.6) is 0 Å². The second kappa shape index (κ2) is 11.4. The Kier molecular flexibility index (Phi) is 8.62. The lowest BCUT2D eigenvalue weighted by Gasteiger charge is -2.33. The van der Waals surface area contributed by atoms with Crippen molar-refractivity contribution >= 4 is 46.7 Å². The van der Waals surface area contributed by atoms with Crippen LogP contribution >= 0.6 is 23.5 Å². The van der Waals surface area contributed by atoms with Crippen LogP contribution < -0.4 is 10.6 Å². The van der Waals surface area contributed by atoms with Crippen LogP contribution in [0.25, 0.3) is 0 Å². The van der Waals surface area contributed by atoms with Crippen LogP contribution in [0.2, 0.25) is 0 Å². The molecule has 0 bridgehead atoms. The first-order valence-electron chi connectivity index (χ1n) is 9.88. The van der Waals surface area contributed by atoms with Crippen molar-refractivity contribution in [3.63, 3.8) is 0 Å². The lowest BCUT2D eigenvalue weighted by Crippen LogP contribution is -2.50. The highest BCUT2D eigenvalue weighted by Crippen LogP contribution is 2.20. The normalized spacial score (nSPS) is 15.0. The van der Waals surface area contributed by atoms with Gasteiger partial charge in [0.25, 0.3) is 0 Å². The highest BCUT2D eigenvalue weighted by Gasteiger charge is 2.20. The number of nitrogens with zero attached hydrogens (tertiary/aromatic N) is 2. The molecule has 0 aromatic heterocycles. The Morgan fingerprint density at radius 3 is 1.53 bits per heavy atom. The van der Waals surface area contributed by atoms with Gasteiger partial charge in [-0.1, -0.05) is 12.1 Å². The highest BCUT2D eigenvalue weighted by molar-refractivity contribution is 7.98. The Bertz CT molecular complexity index is 798. The molecule has 2 aromatic carbocycles. The molecule has 0 saturated carbocycles. The summed E-state index contributed by atoms with van der Waals surface area (Å²) in [6.07, 6.45) is 4.03. The van der Waals surface area contributed by atoms with Gasteiger partial charge in [-0.05, 0) is 48.9 Å².